The average molecular weight is 296 g/mol. The molecular formula is C16H28N2O3. The van der Waals surface area contributed by atoms with E-state index in [9.17, 15) is 9.59 Å². The molecule has 0 spiro atoms. The van der Waals surface area contributed by atoms with E-state index in [1.165, 1.54) is 0 Å². The van der Waals surface area contributed by atoms with Crippen LogP contribution >= 0.6 is 0 Å². The van der Waals surface area contributed by atoms with E-state index in [0.717, 1.165) is 51.6 Å². The predicted octanol–water partition coefficient (Wildman–Crippen LogP) is 2.85. The Morgan fingerprint density at radius 1 is 1.29 bits per heavy atom. The van der Waals surface area contributed by atoms with Gasteiger partial charge in [-0.1, -0.05) is 26.7 Å². The minimum Gasteiger partial charge on any atom is -0.481 e. The van der Waals surface area contributed by atoms with E-state index in [-0.39, 0.29) is 18.0 Å². The van der Waals surface area contributed by atoms with Crippen LogP contribution in [0.5, 0.6) is 0 Å². The molecule has 2 fully saturated rings. The van der Waals surface area contributed by atoms with Crippen LogP contribution in [0, 0.1) is 11.3 Å². The van der Waals surface area contributed by atoms with Crippen LogP contribution in [-0.4, -0.2) is 41.1 Å². The first-order valence-corrected chi connectivity index (χ1v) is 8.22. The third-order valence-electron chi connectivity index (χ3n) is 5.46. The zero-order valence-corrected chi connectivity index (χ0v) is 13.2. The molecule has 0 aromatic heterocycles. The maximum Gasteiger partial charge on any atom is 0.317 e. The highest BCUT2D eigenvalue weighted by molar-refractivity contribution is 5.75. The maximum absolute atomic E-state index is 12.3. The number of rotatable bonds is 3. The number of urea groups is 1. The first kappa shape index (κ1) is 16.1. The van der Waals surface area contributed by atoms with Crippen LogP contribution in [-0.2, 0) is 4.79 Å². The average Bonchev–Trinajstić information content (AvgIpc) is 2.48. The molecule has 1 aliphatic carbocycles. The SMILES string of the molecule is CCC1(C)CCN(C(=O)NC2CCCC(C(=O)O)C2)CC1. The van der Waals surface area contributed by atoms with Crippen LogP contribution in [0.2, 0.25) is 0 Å². The van der Waals surface area contributed by atoms with E-state index in [4.69, 9.17) is 5.11 Å². The van der Waals surface area contributed by atoms with Crippen LogP contribution in [0.25, 0.3) is 0 Å². The fourth-order valence-corrected chi connectivity index (χ4v) is 3.41. The summed E-state index contributed by atoms with van der Waals surface area (Å²) in [5, 5.41) is 12.1. The summed E-state index contributed by atoms with van der Waals surface area (Å²) < 4.78 is 0. The zero-order chi connectivity index (χ0) is 15.5. The third-order valence-corrected chi connectivity index (χ3v) is 5.46. The third kappa shape index (κ3) is 4.11. The number of aliphatic carboxylic acids is 1. The summed E-state index contributed by atoms with van der Waals surface area (Å²) in [6.45, 7) is 6.13. The van der Waals surface area contributed by atoms with Crippen LogP contribution in [0.1, 0.15) is 58.8 Å². The van der Waals surface area contributed by atoms with Gasteiger partial charge in [0, 0.05) is 19.1 Å². The van der Waals surface area contributed by atoms with E-state index < -0.39 is 5.97 Å². The molecule has 2 atom stereocenters. The highest BCUT2D eigenvalue weighted by Gasteiger charge is 2.32. The van der Waals surface area contributed by atoms with Gasteiger partial charge in [-0.25, -0.2) is 4.79 Å². The number of piperidine rings is 1. The summed E-state index contributed by atoms with van der Waals surface area (Å²) in [6, 6.07) is 0.0102. The van der Waals surface area contributed by atoms with Gasteiger partial charge in [-0.05, 0) is 37.5 Å². The van der Waals surface area contributed by atoms with Crippen molar-refractivity contribution >= 4 is 12.0 Å². The van der Waals surface area contributed by atoms with Gasteiger partial charge >= 0.3 is 12.0 Å². The number of likely N-dealkylation sites (tertiary alicyclic amines) is 1. The van der Waals surface area contributed by atoms with E-state index in [1.54, 1.807) is 0 Å². The lowest BCUT2D eigenvalue weighted by molar-refractivity contribution is -0.143. The molecule has 5 heteroatoms. The molecule has 0 bridgehead atoms. The van der Waals surface area contributed by atoms with Crippen molar-refractivity contribution in [2.75, 3.05) is 13.1 Å². The van der Waals surface area contributed by atoms with Crippen molar-refractivity contribution in [3.8, 4) is 0 Å². The number of carbonyl (C=O) groups is 2. The van der Waals surface area contributed by atoms with Crippen LogP contribution in [0.3, 0.4) is 0 Å². The molecule has 5 nitrogen and oxygen atoms in total. The molecule has 2 amide bonds. The number of nitrogens with zero attached hydrogens (tertiary/aromatic N) is 1. The zero-order valence-electron chi connectivity index (χ0n) is 13.2. The Labute approximate surface area is 127 Å². The molecule has 2 N–H and O–H groups in total. The Morgan fingerprint density at radius 2 is 1.95 bits per heavy atom. The summed E-state index contributed by atoms with van der Waals surface area (Å²) >= 11 is 0. The van der Waals surface area contributed by atoms with Crippen LogP contribution in [0.4, 0.5) is 4.79 Å². The van der Waals surface area contributed by atoms with Crippen molar-refractivity contribution in [1.29, 1.82) is 0 Å². The number of carbonyl (C=O) groups excluding carboxylic acids is 1. The van der Waals surface area contributed by atoms with Crippen molar-refractivity contribution < 1.29 is 14.7 Å². The molecule has 0 aromatic carbocycles. The van der Waals surface area contributed by atoms with Gasteiger partial charge in [0.05, 0.1) is 5.92 Å². The largest absolute Gasteiger partial charge is 0.481 e. The van der Waals surface area contributed by atoms with E-state index in [0.29, 0.717) is 11.8 Å². The molecule has 2 aliphatic rings. The highest BCUT2D eigenvalue weighted by atomic mass is 16.4. The summed E-state index contributed by atoms with van der Waals surface area (Å²) in [5.41, 5.74) is 0.371. The van der Waals surface area contributed by atoms with Gasteiger partial charge < -0.3 is 15.3 Å². The summed E-state index contributed by atoms with van der Waals surface area (Å²) in [7, 11) is 0. The number of hydrogen-bond donors (Lipinski definition) is 2. The van der Waals surface area contributed by atoms with Gasteiger partial charge in [-0.15, -0.1) is 0 Å². The monoisotopic (exact) mass is 296 g/mol. The van der Waals surface area contributed by atoms with Crippen molar-refractivity contribution in [2.24, 2.45) is 11.3 Å². The second kappa shape index (κ2) is 6.67. The van der Waals surface area contributed by atoms with Gasteiger partial charge in [-0.3, -0.25) is 4.79 Å². The van der Waals surface area contributed by atoms with Gasteiger partial charge in [0.15, 0.2) is 0 Å². The Morgan fingerprint density at radius 3 is 2.52 bits per heavy atom. The predicted molar refractivity (Wildman–Crippen MR) is 81.1 cm³/mol. The maximum atomic E-state index is 12.3. The van der Waals surface area contributed by atoms with Gasteiger partial charge in [-0.2, -0.15) is 0 Å². The molecule has 0 aromatic rings. The molecule has 1 heterocycles. The number of amides is 2. The van der Waals surface area contributed by atoms with Gasteiger partial charge in [0.2, 0.25) is 0 Å². The van der Waals surface area contributed by atoms with Crippen molar-refractivity contribution in [1.82, 2.24) is 10.2 Å². The van der Waals surface area contributed by atoms with Crippen LogP contribution in [0.15, 0.2) is 0 Å². The van der Waals surface area contributed by atoms with Gasteiger partial charge in [0.25, 0.3) is 0 Å². The minimum absolute atomic E-state index is 0.0100. The summed E-state index contributed by atoms with van der Waals surface area (Å²) in [4.78, 5) is 25.3. The second-order valence-corrected chi connectivity index (χ2v) is 7.00. The number of carboxylic acids is 1. The lowest BCUT2D eigenvalue weighted by atomic mass is 9.78. The number of nitrogens with one attached hydrogen (secondary N) is 1. The normalized spacial score (nSPS) is 29.0. The number of carboxylic acid groups (broad SMARTS) is 1. The smallest absolute Gasteiger partial charge is 0.317 e. The Balaban J connectivity index is 1.81. The van der Waals surface area contributed by atoms with Crippen molar-refractivity contribution in [2.45, 2.75) is 64.8 Å². The molecule has 0 radical (unpaired) electrons. The highest BCUT2D eigenvalue weighted by Crippen LogP contribution is 2.34. The molecule has 1 saturated carbocycles. The van der Waals surface area contributed by atoms with Gasteiger partial charge in [0.1, 0.15) is 0 Å². The van der Waals surface area contributed by atoms with E-state index in [2.05, 4.69) is 19.2 Å². The Bertz CT molecular complexity index is 389. The number of hydrogen-bond acceptors (Lipinski definition) is 2. The molecule has 120 valence electrons. The molecule has 2 unspecified atom stereocenters. The summed E-state index contributed by atoms with van der Waals surface area (Å²) in [5.74, 6) is -1.03. The van der Waals surface area contributed by atoms with Crippen LogP contribution < -0.4 is 5.32 Å². The first-order valence-electron chi connectivity index (χ1n) is 8.22. The van der Waals surface area contributed by atoms with E-state index in [1.807, 2.05) is 4.90 Å². The van der Waals surface area contributed by atoms with Crippen molar-refractivity contribution in [3.05, 3.63) is 0 Å². The molecule has 21 heavy (non-hydrogen) atoms. The molecule has 1 saturated heterocycles. The van der Waals surface area contributed by atoms with E-state index >= 15 is 0 Å². The molecule has 2 rings (SSSR count). The lowest BCUT2D eigenvalue weighted by Gasteiger charge is -2.39. The topological polar surface area (TPSA) is 69.6 Å². The first-order chi connectivity index (χ1) is 9.93. The quantitative estimate of drug-likeness (QED) is 0.841. The second-order valence-electron chi connectivity index (χ2n) is 7.00. The minimum atomic E-state index is -0.731. The summed E-state index contributed by atoms with van der Waals surface area (Å²) in [6.07, 6.45) is 6.36. The fraction of sp³-hybridized carbons (Fsp3) is 0.875. The molecule has 1 aliphatic heterocycles. The fourth-order valence-electron chi connectivity index (χ4n) is 3.41. The Hall–Kier alpha value is -1.26. The lowest BCUT2D eigenvalue weighted by Crippen LogP contribution is -2.50. The van der Waals surface area contributed by atoms with Crippen molar-refractivity contribution in [3.63, 3.8) is 0 Å². The standard InChI is InChI=1S/C16H28N2O3/c1-3-16(2)7-9-18(10-8-16)15(21)17-13-6-4-5-12(11-13)14(19)20/h12-13H,3-11H2,1-2H3,(H,17,21)(H,19,20). The Kier molecular flexibility index (Phi) is 5.12. The molecular weight excluding hydrogens is 268 g/mol.